The smallest absolute Gasteiger partial charge is 0.255 e. The van der Waals surface area contributed by atoms with E-state index >= 15 is 0 Å². The van der Waals surface area contributed by atoms with Crippen molar-refractivity contribution in [3.05, 3.63) is 29.8 Å². The first-order chi connectivity index (χ1) is 11.5. The predicted octanol–water partition coefficient (Wildman–Crippen LogP) is 1.35. The van der Waals surface area contributed by atoms with Crippen LogP contribution in [-0.4, -0.2) is 49.7 Å². The molecule has 0 aliphatic carbocycles. The molecule has 126 valence electrons. The zero-order chi connectivity index (χ0) is 17.6. The van der Waals surface area contributed by atoms with Crippen LogP contribution in [0.1, 0.15) is 29.6 Å². The molecule has 0 saturated carbocycles. The highest BCUT2D eigenvalue weighted by Gasteiger charge is 2.27. The summed E-state index contributed by atoms with van der Waals surface area (Å²) in [4.78, 5) is 13.5. The van der Waals surface area contributed by atoms with Gasteiger partial charge in [0.1, 0.15) is 13.1 Å². The maximum absolute atomic E-state index is 12.7. The summed E-state index contributed by atoms with van der Waals surface area (Å²) in [6.07, 6.45) is 2.67. The molecule has 1 aliphatic rings. The Morgan fingerprint density at radius 3 is 2.33 bits per heavy atom. The number of nitrogens with zero attached hydrogens (tertiary/aromatic N) is 4. The molecule has 1 amide bonds. The molecule has 1 aromatic carbocycles. The fourth-order valence-electron chi connectivity index (χ4n) is 2.60. The van der Waals surface area contributed by atoms with E-state index in [0.717, 1.165) is 24.2 Å². The third-order valence-electron chi connectivity index (χ3n) is 3.84. The monoisotopic (exact) mass is 346 g/mol. The number of amides is 1. The number of carbonyl (C=O) groups is 1. The summed E-state index contributed by atoms with van der Waals surface area (Å²) in [5.74, 6) is -0.534. The van der Waals surface area contributed by atoms with Crippen molar-refractivity contribution in [1.82, 2.24) is 9.21 Å². The number of carbonyl (C=O) groups excluding carboxylic acids is 1. The standard InChI is InChI=1S/C16H18N4O3S/c17-7-11-19(12-8-18)16(21)14-5-4-6-15(13-14)24(22,23)20-9-2-1-3-10-20/h4-6,13H,1-3,9-12H2. The third-order valence-corrected chi connectivity index (χ3v) is 5.74. The fourth-order valence-corrected chi connectivity index (χ4v) is 4.16. The third kappa shape index (κ3) is 3.91. The molecule has 0 bridgehead atoms. The maximum atomic E-state index is 12.7. The number of rotatable bonds is 5. The fraction of sp³-hybridized carbons (Fsp3) is 0.438. The van der Waals surface area contributed by atoms with Gasteiger partial charge in [0, 0.05) is 18.7 Å². The van der Waals surface area contributed by atoms with E-state index in [0.29, 0.717) is 13.1 Å². The van der Waals surface area contributed by atoms with E-state index in [4.69, 9.17) is 10.5 Å². The van der Waals surface area contributed by atoms with E-state index in [-0.39, 0.29) is 23.5 Å². The SMILES string of the molecule is N#CCN(CC#N)C(=O)c1cccc(S(=O)(=O)N2CCCCC2)c1. The van der Waals surface area contributed by atoms with Gasteiger partial charge in [-0.05, 0) is 31.0 Å². The minimum atomic E-state index is -3.64. The molecule has 0 unspecified atom stereocenters. The van der Waals surface area contributed by atoms with Crippen LogP contribution in [0.25, 0.3) is 0 Å². The Morgan fingerprint density at radius 2 is 1.75 bits per heavy atom. The summed E-state index contributed by atoms with van der Waals surface area (Å²) in [6, 6.07) is 9.41. The van der Waals surface area contributed by atoms with Gasteiger partial charge in [-0.25, -0.2) is 8.42 Å². The minimum Gasteiger partial charge on any atom is -0.312 e. The summed E-state index contributed by atoms with van der Waals surface area (Å²) >= 11 is 0. The number of sulfonamides is 1. The number of hydrogen-bond acceptors (Lipinski definition) is 5. The quantitative estimate of drug-likeness (QED) is 0.748. The topological polar surface area (TPSA) is 105 Å². The lowest BCUT2D eigenvalue weighted by Gasteiger charge is -2.26. The number of benzene rings is 1. The first kappa shape index (κ1) is 17.9. The number of nitriles is 2. The van der Waals surface area contributed by atoms with Crippen LogP contribution in [0, 0.1) is 22.7 Å². The molecule has 7 nitrogen and oxygen atoms in total. The number of piperidine rings is 1. The van der Waals surface area contributed by atoms with E-state index in [2.05, 4.69) is 0 Å². The molecule has 1 saturated heterocycles. The molecular formula is C16H18N4O3S. The Bertz CT molecular complexity index is 770. The van der Waals surface area contributed by atoms with Crippen molar-refractivity contribution >= 4 is 15.9 Å². The largest absolute Gasteiger partial charge is 0.312 e. The highest BCUT2D eigenvalue weighted by atomic mass is 32.2. The van der Waals surface area contributed by atoms with Crippen molar-refractivity contribution in [2.24, 2.45) is 0 Å². The molecule has 0 radical (unpaired) electrons. The van der Waals surface area contributed by atoms with Crippen molar-refractivity contribution < 1.29 is 13.2 Å². The highest BCUT2D eigenvalue weighted by Crippen LogP contribution is 2.21. The lowest BCUT2D eigenvalue weighted by molar-refractivity contribution is 0.0794. The zero-order valence-corrected chi connectivity index (χ0v) is 14.0. The van der Waals surface area contributed by atoms with Crippen molar-refractivity contribution in [2.45, 2.75) is 24.2 Å². The molecule has 1 aliphatic heterocycles. The van der Waals surface area contributed by atoms with Crippen molar-refractivity contribution in [1.29, 1.82) is 10.5 Å². The van der Waals surface area contributed by atoms with Crippen LogP contribution in [0.4, 0.5) is 0 Å². The Kier molecular flexibility index (Phi) is 5.91. The van der Waals surface area contributed by atoms with E-state index in [1.165, 1.54) is 28.6 Å². The molecule has 0 spiro atoms. The summed E-state index contributed by atoms with van der Waals surface area (Å²) in [5, 5.41) is 17.5. The molecule has 0 atom stereocenters. The number of hydrogen-bond donors (Lipinski definition) is 0. The van der Waals surface area contributed by atoms with Crippen molar-refractivity contribution in [3.8, 4) is 12.1 Å². The molecular weight excluding hydrogens is 328 g/mol. The van der Waals surface area contributed by atoms with Gasteiger partial charge in [0.15, 0.2) is 0 Å². The maximum Gasteiger partial charge on any atom is 0.255 e. The van der Waals surface area contributed by atoms with Crippen LogP contribution in [0.5, 0.6) is 0 Å². The Balaban J connectivity index is 2.29. The molecule has 0 N–H and O–H groups in total. The van der Waals surface area contributed by atoms with Crippen LogP contribution < -0.4 is 0 Å². The van der Waals surface area contributed by atoms with E-state index in [1.54, 1.807) is 0 Å². The first-order valence-corrected chi connectivity index (χ1v) is 9.08. The van der Waals surface area contributed by atoms with Crippen LogP contribution in [0.15, 0.2) is 29.2 Å². The van der Waals surface area contributed by atoms with Crippen LogP contribution >= 0.6 is 0 Å². The Hall–Kier alpha value is -2.42. The normalized spacial score (nSPS) is 15.2. The molecule has 2 rings (SSSR count). The lowest BCUT2D eigenvalue weighted by Crippen LogP contribution is -2.36. The second kappa shape index (κ2) is 7.91. The summed E-state index contributed by atoms with van der Waals surface area (Å²) in [6.45, 7) is 0.510. The van der Waals surface area contributed by atoms with Gasteiger partial charge < -0.3 is 4.90 Å². The second-order valence-electron chi connectivity index (χ2n) is 5.47. The van der Waals surface area contributed by atoms with Gasteiger partial charge in [0.2, 0.25) is 10.0 Å². The Labute approximate surface area is 141 Å². The van der Waals surface area contributed by atoms with Gasteiger partial charge >= 0.3 is 0 Å². The average Bonchev–Trinajstić information content (AvgIpc) is 2.62. The molecule has 1 aromatic rings. The molecule has 1 fully saturated rings. The lowest BCUT2D eigenvalue weighted by atomic mass is 10.2. The average molecular weight is 346 g/mol. The molecule has 0 aromatic heterocycles. The van der Waals surface area contributed by atoms with Gasteiger partial charge in [-0.2, -0.15) is 14.8 Å². The van der Waals surface area contributed by atoms with E-state index in [1.807, 2.05) is 12.1 Å². The molecule has 24 heavy (non-hydrogen) atoms. The van der Waals surface area contributed by atoms with Crippen molar-refractivity contribution in [3.63, 3.8) is 0 Å². The predicted molar refractivity (Wildman–Crippen MR) is 86.2 cm³/mol. The van der Waals surface area contributed by atoms with E-state index in [9.17, 15) is 13.2 Å². The van der Waals surface area contributed by atoms with Crippen molar-refractivity contribution in [2.75, 3.05) is 26.2 Å². The van der Waals surface area contributed by atoms with Crippen LogP contribution in [0.2, 0.25) is 0 Å². The zero-order valence-electron chi connectivity index (χ0n) is 13.2. The van der Waals surface area contributed by atoms with Crippen LogP contribution in [0.3, 0.4) is 0 Å². The minimum absolute atomic E-state index is 0.0594. The first-order valence-electron chi connectivity index (χ1n) is 7.64. The second-order valence-corrected chi connectivity index (χ2v) is 7.41. The van der Waals surface area contributed by atoms with Gasteiger partial charge in [0.05, 0.1) is 17.0 Å². The summed E-state index contributed by atoms with van der Waals surface area (Å²) in [5.41, 5.74) is 0.151. The molecule has 1 heterocycles. The van der Waals surface area contributed by atoms with Gasteiger partial charge in [-0.3, -0.25) is 4.79 Å². The summed E-state index contributed by atoms with van der Waals surface area (Å²) in [7, 11) is -3.64. The highest BCUT2D eigenvalue weighted by molar-refractivity contribution is 7.89. The summed E-state index contributed by atoms with van der Waals surface area (Å²) < 4.78 is 26.8. The van der Waals surface area contributed by atoms with Gasteiger partial charge in [-0.1, -0.05) is 12.5 Å². The molecule has 8 heteroatoms. The van der Waals surface area contributed by atoms with Gasteiger partial charge in [-0.15, -0.1) is 0 Å². The van der Waals surface area contributed by atoms with E-state index < -0.39 is 15.9 Å². The van der Waals surface area contributed by atoms with Crippen LogP contribution in [-0.2, 0) is 10.0 Å². The Morgan fingerprint density at radius 1 is 1.12 bits per heavy atom. The van der Waals surface area contributed by atoms with Gasteiger partial charge in [0.25, 0.3) is 5.91 Å².